The molecule has 2 aromatic rings. The number of aromatic nitrogens is 2. The molecule has 0 radical (unpaired) electrons. The van der Waals surface area contributed by atoms with E-state index in [0.717, 1.165) is 28.5 Å². The molecule has 4 N–H and O–H groups in total. The summed E-state index contributed by atoms with van der Waals surface area (Å²) in [7, 11) is -3.62. The van der Waals surface area contributed by atoms with Crippen molar-refractivity contribution in [2.75, 3.05) is 6.26 Å². The Morgan fingerprint density at radius 1 is 1.27 bits per heavy atom. The second-order valence-electron chi connectivity index (χ2n) is 8.81. The second kappa shape index (κ2) is 10.6. The van der Waals surface area contributed by atoms with Crippen LogP contribution in [0.5, 0.6) is 0 Å². The number of fused-ring (bicyclic) bond motifs is 1. The number of nitrogens with two attached hydrogens (primary N) is 1. The first-order valence-corrected chi connectivity index (χ1v) is 12.7. The largest absolute Gasteiger partial charge is 0.479 e. The van der Waals surface area contributed by atoms with Crippen LogP contribution in [0.15, 0.2) is 24.4 Å². The molecule has 16 heteroatoms. The van der Waals surface area contributed by atoms with Crippen molar-refractivity contribution in [2.24, 2.45) is 5.73 Å². The first-order chi connectivity index (χ1) is 17.0. The number of benzene rings is 1. The van der Waals surface area contributed by atoms with Crippen molar-refractivity contribution in [2.45, 2.75) is 63.0 Å². The zero-order chi connectivity index (χ0) is 27.9. The fourth-order valence-corrected chi connectivity index (χ4v) is 4.67. The van der Waals surface area contributed by atoms with Crippen LogP contribution < -0.4 is 5.73 Å². The number of aliphatic carboxylic acids is 1. The molecule has 10 nitrogen and oxygen atoms in total. The molecule has 0 unspecified atom stereocenters. The summed E-state index contributed by atoms with van der Waals surface area (Å²) in [6.07, 6.45) is -7.76. The fourth-order valence-electron chi connectivity index (χ4n) is 4.10. The Labute approximate surface area is 208 Å². The van der Waals surface area contributed by atoms with E-state index in [1.165, 1.54) is 18.0 Å². The number of carboxylic acids is 1. The monoisotopic (exact) mass is 556 g/mol. The third-order valence-corrected chi connectivity index (χ3v) is 6.75. The van der Waals surface area contributed by atoms with Crippen molar-refractivity contribution in [3.05, 3.63) is 52.9 Å². The number of halogens is 5. The third kappa shape index (κ3) is 6.62. The van der Waals surface area contributed by atoms with Crippen LogP contribution in [0.2, 0.25) is 0 Å². The van der Waals surface area contributed by atoms with E-state index in [2.05, 4.69) is 5.10 Å². The first kappa shape index (κ1) is 28.9. The van der Waals surface area contributed by atoms with Gasteiger partial charge in [-0.25, -0.2) is 22.0 Å². The standard InChI is InChI=1S/C18H19F5N4O3S.C3H6O3/c1-31(28,29)27-7-9-6-26(8-14(9)25-27)15-5-13(24)16(30-17(15)18(21,22)23)11-4-10(19)2-3-12(11)20;1-2(4)3(5)6/h2-4,7,13,15-17H,5-6,8,24H2,1H3;2,4H,1H3,(H,5,6)/t13-,15+,16+,17-;2-/m01/s1. The lowest BCUT2D eigenvalue weighted by molar-refractivity contribution is -0.269. The Hall–Kier alpha value is -2.66. The van der Waals surface area contributed by atoms with E-state index in [0.29, 0.717) is 11.3 Å². The molecule has 0 bridgehead atoms. The summed E-state index contributed by atoms with van der Waals surface area (Å²) in [5, 5.41) is 19.7. The lowest BCUT2D eigenvalue weighted by atomic mass is 9.89. The van der Waals surface area contributed by atoms with Crippen LogP contribution in [0.1, 0.15) is 36.3 Å². The molecule has 0 aliphatic carbocycles. The third-order valence-electron chi connectivity index (χ3n) is 5.88. The van der Waals surface area contributed by atoms with Gasteiger partial charge in [0.2, 0.25) is 0 Å². The molecule has 2 aliphatic rings. The Kier molecular flexibility index (Phi) is 8.28. The molecule has 0 saturated carbocycles. The highest BCUT2D eigenvalue weighted by molar-refractivity contribution is 7.89. The number of nitrogens with zero attached hydrogens (tertiary/aromatic N) is 3. The number of alkyl halides is 3. The summed E-state index contributed by atoms with van der Waals surface area (Å²) in [4.78, 5) is 10.9. The number of aliphatic hydroxyl groups excluding tert-OH is 1. The molecule has 4 rings (SSSR count). The van der Waals surface area contributed by atoms with Crippen LogP contribution >= 0.6 is 0 Å². The first-order valence-electron chi connectivity index (χ1n) is 10.8. The highest BCUT2D eigenvalue weighted by atomic mass is 32.2. The van der Waals surface area contributed by atoms with E-state index < -0.39 is 64.2 Å². The van der Waals surface area contributed by atoms with Gasteiger partial charge in [0.05, 0.1) is 11.9 Å². The molecule has 206 valence electrons. The SMILES string of the molecule is CS(=O)(=O)n1cc2c(n1)CN([C@@H]1C[C@H](N)[C@@H](c3cc(F)ccc3F)O[C@@H]1C(F)(F)F)C2.C[C@@H](O)C(=O)O. The number of hydrogen-bond donors (Lipinski definition) is 3. The fraction of sp³-hybridized carbons (Fsp3) is 0.524. The maximum Gasteiger partial charge on any atom is 0.416 e. The predicted octanol–water partition coefficient (Wildman–Crippen LogP) is 1.52. The smallest absolute Gasteiger partial charge is 0.416 e. The van der Waals surface area contributed by atoms with Gasteiger partial charge in [-0.3, -0.25) is 4.90 Å². The summed E-state index contributed by atoms with van der Waals surface area (Å²) in [5.41, 5.74) is 6.51. The van der Waals surface area contributed by atoms with E-state index in [1.807, 2.05) is 0 Å². The highest BCUT2D eigenvalue weighted by Gasteiger charge is 2.54. The van der Waals surface area contributed by atoms with Gasteiger partial charge < -0.3 is 20.7 Å². The van der Waals surface area contributed by atoms with Gasteiger partial charge in [-0.2, -0.15) is 22.4 Å². The Morgan fingerprint density at radius 3 is 2.41 bits per heavy atom. The molecule has 1 aromatic heterocycles. The molecule has 1 saturated heterocycles. The predicted molar refractivity (Wildman–Crippen MR) is 117 cm³/mol. The molecule has 2 aliphatic heterocycles. The van der Waals surface area contributed by atoms with Crippen molar-refractivity contribution >= 4 is 16.0 Å². The van der Waals surface area contributed by atoms with Crippen molar-refractivity contribution in [3.63, 3.8) is 0 Å². The van der Waals surface area contributed by atoms with E-state index >= 15 is 0 Å². The van der Waals surface area contributed by atoms with Crippen molar-refractivity contribution in [3.8, 4) is 0 Å². The summed E-state index contributed by atoms with van der Waals surface area (Å²) in [6.45, 7) is 1.20. The lowest BCUT2D eigenvalue weighted by Crippen LogP contribution is -2.58. The Bertz CT molecular complexity index is 1230. The Balaban J connectivity index is 0.000000568. The van der Waals surface area contributed by atoms with Crippen molar-refractivity contribution in [1.82, 2.24) is 14.1 Å². The molecule has 3 heterocycles. The van der Waals surface area contributed by atoms with Crippen LogP contribution in [0.4, 0.5) is 22.0 Å². The van der Waals surface area contributed by atoms with E-state index in [-0.39, 0.29) is 25.1 Å². The molecule has 1 fully saturated rings. The molecule has 0 amide bonds. The van der Waals surface area contributed by atoms with Gasteiger partial charge in [0.1, 0.15) is 23.8 Å². The van der Waals surface area contributed by atoms with Gasteiger partial charge in [-0.15, -0.1) is 0 Å². The average molecular weight is 557 g/mol. The van der Waals surface area contributed by atoms with Gasteiger partial charge in [0, 0.05) is 42.5 Å². The van der Waals surface area contributed by atoms with Gasteiger partial charge >= 0.3 is 12.1 Å². The second-order valence-corrected chi connectivity index (χ2v) is 10.6. The quantitative estimate of drug-likeness (QED) is 0.477. The molecule has 37 heavy (non-hydrogen) atoms. The van der Waals surface area contributed by atoms with E-state index in [1.54, 1.807) is 0 Å². The normalized spacial score (nSPS) is 25.2. The maximum absolute atomic E-state index is 14.2. The summed E-state index contributed by atoms with van der Waals surface area (Å²) in [5.74, 6) is -2.90. The maximum atomic E-state index is 14.2. The van der Waals surface area contributed by atoms with Gasteiger partial charge in [0.15, 0.2) is 6.10 Å². The van der Waals surface area contributed by atoms with E-state index in [4.69, 9.17) is 20.7 Å². The number of ether oxygens (including phenoxy) is 1. The van der Waals surface area contributed by atoms with Crippen LogP contribution in [-0.2, 0) is 32.6 Å². The Morgan fingerprint density at radius 2 is 1.89 bits per heavy atom. The molecule has 0 spiro atoms. The summed E-state index contributed by atoms with van der Waals surface area (Å²) >= 11 is 0. The lowest BCUT2D eigenvalue weighted by Gasteiger charge is -2.44. The van der Waals surface area contributed by atoms with Crippen molar-refractivity contribution < 1.29 is 50.1 Å². The number of aliphatic hydroxyl groups is 1. The number of carbonyl (C=O) groups is 1. The summed E-state index contributed by atoms with van der Waals surface area (Å²) < 4.78 is 98.6. The minimum Gasteiger partial charge on any atom is -0.479 e. The van der Waals surface area contributed by atoms with Crippen LogP contribution in [0.3, 0.4) is 0 Å². The molecular formula is C21H25F5N4O6S. The number of hydrogen-bond acceptors (Lipinski definition) is 8. The highest BCUT2D eigenvalue weighted by Crippen LogP contribution is 2.42. The van der Waals surface area contributed by atoms with Crippen LogP contribution in [0, 0.1) is 11.6 Å². The zero-order valence-corrected chi connectivity index (χ0v) is 20.4. The van der Waals surface area contributed by atoms with Gasteiger partial charge in [-0.1, -0.05) is 0 Å². The molecule has 1 aromatic carbocycles. The minimum atomic E-state index is -4.79. The zero-order valence-electron chi connectivity index (χ0n) is 19.6. The van der Waals surface area contributed by atoms with Crippen LogP contribution in [-0.4, -0.2) is 75.4 Å². The van der Waals surface area contributed by atoms with Crippen molar-refractivity contribution in [1.29, 1.82) is 0 Å². The topological polar surface area (TPSA) is 148 Å². The molecular weight excluding hydrogens is 531 g/mol. The number of rotatable bonds is 4. The van der Waals surface area contributed by atoms with E-state index in [9.17, 15) is 35.2 Å². The van der Waals surface area contributed by atoms with Crippen LogP contribution in [0.25, 0.3) is 0 Å². The molecule has 5 atom stereocenters. The number of carboxylic acid groups (broad SMARTS) is 1. The average Bonchev–Trinajstić information content (AvgIpc) is 3.34. The van der Waals surface area contributed by atoms with Gasteiger partial charge in [-0.05, 0) is 31.5 Å². The summed E-state index contributed by atoms with van der Waals surface area (Å²) in [6, 6.07) is 0.226. The minimum absolute atomic E-state index is 0.0236. The van der Waals surface area contributed by atoms with Gasteiger partial charge in [0.25, 0.3) is 10.0 Å².